The monoisotopic (exact) mass is 688 g/mol. The minimum atomic E-state index is -1.66. The highest BCUT2D eigenvalue weighted by Crippen LogP contribution is 2.67. The number of para-hydroxylation sites is 1. The predicted octanol–water partition coefficient (Wildman–Crippen LogP) is 5.56. The molecular formula is C38H40O12. The Morgan fingerprint density at radius 2 is 1.30 bits per heavy atom. The lowest BCUT2D eigenvalue weighted by molar-refractivity contribution is -0.217. The first-order chi connectivity index (χ1) is 23.2. The van der Waals surface area contributed by atoms with Crippen molar-refractivity contribution in [3.05, 3.63) is 46.1 Å². The Kier molecular flexibility index (Phi) is 6.11. The number of hydrogen-bond acceptors (Lipinski definition) is 12. The maximum atomic E-state index is 14.6. The van der Waals surface area contributed by atoms with Gasteiger partial charge in [-0.15, -0.1) is 0 Å². The number of phenols is 1. The van der Waals surface area contributed by atoms with Crippen molar-refractivity contribution in [1.29, 1.82) is 0 Å². The number of phenolic OH excluding ortho intramolecular Hbond substituents is 1. The largest absolute Gasteiger partial charge is 0.507 e. The Hall–Kier alpha value is -4.61. The van der Waals surface area contributed by atoms with Gasteiger partial charge < -0.3 is 33.2 Å². The van der Waals surface area contributed by atoms with E-state index in [-0.39, 0.29) is 46.1 Å². The molecule has 3 aromatic rings. The van der Waals surface area contributed by atoms with E-state index in [0.29, 0.717) is 12.8 Å². The number of ether oxygens (including phenoxy) is 5. The Labute approximate surface area is 287 Å². The van der Waals surface area contributed by atoms with Crippen molar-refractivity contribution in [1.82, 2.24) is 0 Å². The number of hydrogen-bond donors (Lipinski definition) is 1. The minimum absolute atomic E-state index is 0.0270. The lowest BCUT2D eigenvalue weighted by Gasteiger charge is -2.45. The summed E-state index contributed by atoms with van der Waals surface area (Å²) in [5, 5.41) is 11.2. The summed E-state index contributed by atoms with van der Waals surface area (Å²) in [4.78, 5) is 69.1. The van der Waals surface area contributed by atoms with Gasteiger partial charge in [0.1, 0.15) is 28.1 Å². The van der Waals surface area contributed by atoms with Crippen LogP contribution in [0.3, 0.4) is 0 Å². The molecule has 264 valence electrons. The van der Waals surface area contributed by atoms with Crippen molar-refractivity contribution in [3.63, 3.8) is 0 Å². The molecule has 6 atom stereocenters. The van der Waals surface area contributed by atoms with Gasteiger partial charge in [-0.25, -0.2) is 9.59 Å². The van der Waals surface area contributed by atoms with E-state index in [1.807, 2.05) is 0 Å². The predicted molar refractivity (Wildman–Crippen MR) is 175 cm³/mol. The first-order valence-corrected chi connectivity index (χ1v) is 17.0. The molecule has 4 bridgehead atoms. The van der Waals surface area contributed by atoms with E-state index in [2.05, 4.69) is 0 Å². The first kappa shape index (κ1) is 32.6. The second-order valence-electron chi connectivity index (χ2n) is 16.6. The molecule has 3 aliphatic heterocycles. The van der Waals surface area contributed by atoms with Gasteiger partial charge in [-0.05, 0) is 65.5 Å². The third-order valence-electron chi connectivity index (χ3n) is 13.7. The fraction of sp³-hybridized carbons (Fsp3) is 0.553. The summed E-state index contributed by atoms with van der Waals surface area (Å²) in [6, 6.07) is 7.74. The van der Waals surface area contributed by atoms with Crippen molar-refractivity contribution in [2.24, 2.45) is 21.7 Å². The standard InChI is InChI=1S/C38H40O12/c1-32(2)27(47-31(44)38-16-14-36(8,29(42)50-38)34(38,5)6)26(46-30(43)37-15-13-35(7,28(41)49-37)33(37,3)4)23-21(48-32)17-19(39)22-24(40)18-11-9-10-12-20(18)45-25(22)23/h9-12,17,26-27,39H,13-16H2,1-8H3/t26-,27-,35?,36?,37?,38?/m1/s1. The maximum absolute atomic E-state index is 14.6. The van der Waals surface area contributed by atoms with Gasteiger partial charge in [-0.2, -0.15) is 0 Å². The molecule has 2 aromatic carbocycles. The van der Waals surface area contributed by atoms with Gasteiger partial charge in [0, 0.05) is 16.9 Å². The van der Waals surface area contributed by atoms with Gasteiger partial charge in [0.15, 0.2) is 17.8 Å². The van der Waals surface area contributed by atoms with E-state index in [0.717, 1.165) is 0 Å². The zero-order valence-electron chi connectivity index (χ0n) is 29.3. The van der Waals surface area contributed by atoms with Crippen molar-refractivity contribution in [2.75, 3.05) is 0 Å². The van der Waals surface area contributed by atoms with Gasteiger partial charge in [0.2, 0.25) is 16.6 Å². The summed E-state index contributed by atoms with van der Waals surface area (Å²) in [5.74, 6) is -3.11. The number of carbonyl (C=O) groups is 4. The lowest BCUT2D eigenvalue weighted by Crippen LogP contribution is -2.57. The molecule has 0 spiro atoms. The first-order valence-electron chi connectivity index (χ1n) is 17.0. The molecule has 50 heavy (non-hydrogen) atoms. The highest BCUT2D eigenvalue weighted by Gasteiger charge is 2.78. The minimum Gasteiger partial charge on any atom is -0.507 e. The van der Waals surface area contributed by atoms with E-state index < -0.39 is 85.7 Å². The Bertz CT molecular complexity index is 2160. The van der Waals surface area contributed by atoms with Crippen LogP contribution in [0.25, 0.3) is 21.9 Å². The van der Waals surface area contributed by atoms with Crippen LogP contribution in [0.1, 0.15) is 92.7 Å². The van der Waals surface area contributed by atoms with Crippen LogP contribution in [-0.4, -0.2) is 51.9 Å². The SMILES string of the molecule is CC1(C)Oc2cc(O)c3c(=O)c4ccccc4oc3c2[C@@H](OC(=O)C23CCC(C)(C(=O)O2)C3(C)C)[C@H]1OC(=O)C12CCC(C)(C(=O)O1)C2(C)C. The van der Waals surface area contributed by atoms with Gasteiger partial charge in [-0.3, -0.25) is 14.4 Å². The Morgan fingerprint density at radius 1 is 0.760 bits per heavy atom. The molecule has 0 radical (unpaired) electrons. The van der Waals surface area contributed by atoms with Gasteiger partial charge >= 0.3 is 23.9 Å². The zero-order valence-corrected chi connectivity index (χ0v) is 29.3. The Morgan fingerprint density at radius 3 is 1.82 bits per heavy atom. The second kappa shape index (κ2) is 9.38. The van der Waals surface area contributed by atoms with Crippen LogP contribution in [0.2, 0.25) is 0 Å². The van der Waals surface area contributed by atoms with Crippen molar-refractivity contribution in [2.45, 2.75) is 110 Å². The summed E-state index contributed by atoms with van der Waals surface area (Å²) < 4.78 is 37.1. The molecule has 5 aliphatic rings. The molecule has 12 nitrogen and oxygen atoms in total. The lowest BCUT2D eigenvalue weighted by atomic mass is 9.66. The molecule has 2 saturated carbocycles. The number of esters is 4. The average Bonchev–Trinajstić information content (AvgIpc) is 3.50. The number of benzene rings is 2. The molecule has 4 unspecified atom stereocenters. The molecule has 4 fully saturated rings. The highest BCUT2D eigenvalue weighted by molar-refractivity contribution is 5.98. The van der Waals surface area contributed by atoms with Crippen LogP contribution in [0.4, 0.5) is 0 Å². The molecule has 2 aliphatic carbocycles. The fourth-order valence-electron chi connectivity index (χ4n) is 9.31. The van der Waals surface area contributed by atoms with Gasteiger partial charge in [0.25, 0.3) is 0 Å². The summed E-state index contributed by atoms with van der Waals surface area (Å²) >= 11 is 0. The van der Waals surface area contributed by atoms with E-state index >= 15 is 0 Å². The number of fused-ring (bicyclic) bond motifs is 8. The van der Waals surface area contributed by atoms with E-state index in [1.54, 1.807) is 79.7 Å². The molecule has 1 aromatic heterocycles. The van der Waals surface area contributed by atoms with Crippen LogP contribution in [-0.2, 0) is 38.1 Å². The molecule has 0 amide bonds. The van der Waals surface area contributed by atoms with Crippen LogP contribution in [0.15, 0.2) is 39.5 Å². The smallest absolute Gasteiger partial charge is 0.351 e. The van der Waals surface area contributed by atoms with Crippen LogP contribution in [0, 0.1) is 21.7 Å². The molecule has 2 saturated heterocycles. The third-order valence-corrected chi connectivity index (χ3v) is 13.7. The quantitative estimate of drug-likeness (QED) is 0.206. The zero-order chi connectivity index (χ0) is 36.2. The van der Waals surface area contributed by atoms with E-state index in [9.17, 15) is 29.1 Å². The normalized spacial score (nSPS) is 35.4. The second-order valence-corrected chi connectivity index (χ2v) is 16.6. The summed E-state index contributed by atoms with van der Waals surface area (Å²) in [7, 11) is 0. The van der Waals surface area contributed by atoms with Crippen molar-refractivity contribution >= 4 is 45.8 Å². The van der Waals surface area contributed by atoms with Crippen LogP contribution in [0.5, 0.6) is 11.5 Å². The maximum Gasteiger partial charge on any atom is 0.351 e. The van der Waals surface area contributed by atoms with Gasteiger partial charge in [-0.1, -0.05) is 39.8 Å². The molecule has 8 rings (SSSR count). The van der Waals surface area contributed by atoms with Crippen LogP contribution >= 0.6 is 0 Å². The summed E-state index contributed by atoms with van der Waals surface area (Å²) in [5.41, 5.74) is -8.93. The molecular weight excluding hydrogens is 648 g/mol. The third kappa shape index (κ3) is 3.49. The molecule has 1 N–H and O–H groups in total. The van der Waals surface area contributed by atoms with Gasteiger partial charge in [0.05, 0.1) is 21.8 Å². The Balaban J connectivity index is 1.32. The number of carbonyl (C=O) groups excluding carboxylic acids is 4. The summed E-state index contributed by atoms with van der Waals surface area (Å²) in [6.45, 7) is 14.0. The number of rotatable bonds is 4. The van der Waals surface area contributed by atoms with E-state index in [4.69, 9.17) is 28.1 Å². The summed E-state index contributed by atoms with van der Waals surface area (Å²) in [6.07, 6.45) is -1.69. The van der Waals surface area contributed by atoms with Crippen molar-refractivity contribution < 1.29 is 52.4 Å². The van der Waals surface area contributed by atoms with Crippen LogP contribution < -0.4 is 10.2 Å². The van der Waals surface area contributed by atoms with Crippen molar-refractivity contribution in [3.8, 4) is 11.5 Å². The molecule has 12 heteroatoms. The highest BCUT2D eigenvalue weighted by atomic mass is 16.7. The van der Waals surface area contributed by atoms with E-state index in [1.165, 1.54) is 6.07 Å². The fourth-order valence-corrected chi connectivity index (χ4v) is 9.31. The topological polar surface area (TPSA) is 165 Å². The molecule has 4 heterocycles. The average molecular weight is 689 g/mol. The number of aromatic hydroxyl groups is 1.